The van der Waals surface area contributed by atoms with E-state index >= 15 is 0 Å². The van der Waals surface area contributed by atoms with Crippen molar-refractivity contribution in [2.75, 3.05) is 13.4 Å². The molecule has 0 aliphatic carbocycles. The molecule has 2 aromatic rings. The van der Waals surface area contributed by atoms with Crippen LogP contribution in [0.4, 0.5) is 0 Å². The van der Waals surface area contributed by atoms with Crippen molar-refractivity contribution < 1.29 is 42.8 Å². The molecule has 2 heterocycles. The Morgan fingerprint density at radius 2 is 1.83 bits per heavy atom. The van der Waals surface area contributed by atoms with E-state index in [0.29, 0.717) is 20.6 Å². The Labute approximate surface area is 261 Å². The van der Waals surface area contributed by atoms with Crippen LogP contribution in [0.1, 0.15) is 50.5 Å². The lowest BCUT2D eigenvalue weighted by molar-refractivity contribution is -0.163. The van der Waals surface area contributed by atoms with E-state index in [9.17, 15) is 9.90 Å². The third-order valence-corrected chi connectivity index (χ3v) is 13.0. The van der Waals surface area contributed by atoms with Crippen LogP contribution < -0.4 is 9.47 Å². The van der Waals surface area contributed by atoms with Crippen LogP contribution in [0.3, 0.4) is 0 Å². The summed E-state index contributed by atoms with van der Waals surface area (Å²) in [6, 6.07) is 12.9. The molecule has 1 saturated heterocycles. The molecule has 0 spiro atoms. The predicted octanol–water partition coefficient (Wildman–Crippen LogP) is 5.65. The molecule has 42 heavy (non-hydrogen) atoms. The number of aliphatic hydroxyl groups excluding tert-OH is 1. The maximum absolute atomic E-state index is 13.5. The van der Waals surface area contributed by atoms with Gasteiger partial charge in [-0.3, -0.25) is 0 Å². The number of esters is 1. The van der Waals surface area contributed by atoms with Crippen LogP contribution in [0.5, 0.6) is 11.5 Å². The molecule has 1 fully saturated rings. The van der Waals surface area contributed by atoms with E-state index in [1.165, 1.54) is 6.21 Å². The van der Waals surface area contributed by atoms with Gasteiger partial charge >= 0.3 is 5.97 Å². The number of hydrogen-bond donors (Lipinski definition) is 1. The van der Waals surface area contributed by atoms with Gasteiger partial charge in [0, 0.05) is 3.57 Å². The largest absolute Gasteiger partial charge is 0.454 e. The molecule has 0 saturated carbocycles. The molecule has 4 atom stereocenters. The van der Waals surface area contributed by atoms with Crippen LogP contribution in [-0.2, 0) is 30.1 Å². The van der Waals surface area contributed by atoms with Gasteiger partial charge in [0.2, 0.25) is 6.79 Å². The topological polar surface area (TPSA) is 114 Å². The van der Waals surface area contributed by atoms with Crippen molar-refractivity contribution in [1.29, 1.82) is 0 Å². The number of aliphatic hydroxyl groups is 1. The number of carbonyl (C=O) groups excluding carboxylic acids is 1. The van der Waals surface area contributed by atoms with Crippen molar-refractivity contribution in [2.45, 2.75) is 89.6 Å². The molecule has 0 bridgehead atoms. The highest BCUT2D eigenvalue weighted by atomic mass is 127. The molecule has 1 N–H and O–H groups in total. The van der Waals surface area contributed by atoms with Gasteiger partial charge in [0.05, 0.1) is 18.4 Å². The van der Waals surface area contributed by atoms with Crippen molar-refractivity contribution >= 4 is 43.1 Å². The number of benzene rings is 2. The number of halogens is 1. The molecule has 0 unspecified atom stereocenters. The Kier molecular flexibility index (Phi) is 10.3. The zero-order valence-corrected chi connectivity index (χ0v) is 28.2. The maximum Gasteiger partial charge on any atom is 0.339 e. The van der Waals surface area contributed by atoms with E-state index in [1.54, 1.807) is 26.0 Å². The highest BCUT2D eigenvalue weighted by Gasteiger charge is 2.48. The fourth-order valence-corrected chi connectivity index (χ4v) is 5.85. The van der Waals surface area contributed by atoms with E-state index in [2.05, 4.69) is 39.0 Å². The first kappa shape index (κ1) is 32.7. The predicted molar refractivity (Wildman–Crippen MR) is 167 cm³/mol. The van der Waals surface area contributed by atoms with E-state index < -0.39 is 44.5 Å². The Balaban J connectivity index is 1.54. The normalized spacial score (nSPS) is 21.4. The van der Waals surface area contributed by atoms with E-state index in [4.69, 9.17) is 32.9 Å². The van der Waals surface area contributed by atoms with E-state index in [1.807, 2.05) is 52.9 Å². The van der Waals surface area contributed by atoms with Crippen molar-refractivity contribution in [2.24, 2.45) is 5.16 Å². The average Bonchev–Trinajstić information content (AvgIpc) is 3.50. The Morgan fingerprint density at radius 1 is 1.17 bits per heavy atom. The lowest BCUT2D eigenvalue weighted by atomic mass is 10.0. The second-order valence-electron chi connectivity index (χ2n) is 12.3. The molecule has 0 radical (unpaired) electrons. The van der Waals surface area contributed by atoms with Crippen molar-refractivity contribution in [3.63, 3.8) is 0 Å². The van der Waals surface area contributed by atoms with Crippen LogP contribution in [-0.4, -0.2) is 69.2 Å². The molecule has 2 aliphatic rings. The number of oxime groups is 1. The number of nitrogens with zero attached hydrogens (tertiary/aromatic N) is 1. The van der Waals surface area contributed by atoms with Gasteiger partial charge in [-0.1, -0.05) is 56.3 Å². The summed E-state index contributed by atoms with van der Waals surface area (Å²) >= 11 is 2.05. The van der Waals surface area contributed by atoms with Crippen molar-refractivity contribution in [1.82, 2.24) is 0 Å². The minimum Gasteiger partial charge on any atom is -0.454 e. The Morgan fingerprint density at radius 3 is 2.50 bits per heavy atom. The summed E-state index contributed by atoms with van der Waals surface area (Å²) in [5, 5.41) is 15.6. The van der Waals surface area contributed by atoms with Crippen molar-refractivity contribution in [3.8, 4) is 11.5 Å². The van der Waals surface area contributed by atoms with Gasteiger partial charge in [-0.2, -0.15) is 0 Å². The fourth-order valence-electron chi connectivity index (χ4n) is 4.18. The summed E-state index contributed by atoms with van der Waals surface area (Å²) in [6.45, 7) is 14.3. The molecular weight excluding hydrogens is 673 g/mol. The number of ether oxygens (including phenoxy) is 5. The monoisotopic (exact) mass is 713 g/mol. The minimum absolute atomic E-state index is 0.0286. The summed E-state index contributed by atoms with van der Waals surface area (Å²) in [6.07, 6.45) is -2.61. The molecule has 2 aromatic carbocycles. The molecular formula is C30H40INO9Si. The zero-order valence-electron chi connectivity index (χ0n) is 25.1. The number of fused-ring (bicyclic) bond motifs is 1. The highest BCUT2D eigenvalue weighted by molar-refractivity contribution is 14.1. The second kappa shape index (κ2) is 13.2. The van der Waals surface area contributed by atoms with Crippen LogP contribution >= 0.6 is 22.6 Å². The van der Waals surface area contributed by atoms with Gasteiger partial charge in [0.25, 0.3) is 0 Å². The molecule has 230 valence electrons. The molecule has 0 amide bonds. The van der Waals surface area contributed by atoms with Crippen molar-refractivity contribution in [3.05, 3.63) is 57.2 Å². The summed E-state index contributed by atoms with van der Waals surface area (Å²) in [5.74, 6) is -0.638. The Bertz CT molecular complexity index is 1270. The van der Waals surface area contributed by atoms with Gasteiger partial charge < -0.3 is 38.1 Å². The first-order valence-electron chi connectivity index (χ1n) is 13.8. The molecule has 4 rings (SSSR count). The van der Waals surface area contributed by atoms with Gasteiger partial charge in [-0.25, -0.2) is 4.79 Å². The van der Waals surface area contributed by atoms with Gasteiger partial charge in [0.1, 0.15) is 24.9 Å². The number of carbonyl (C=O) groups is 1. The van der Waals surface area contributed by atoms with Gasteiger partial charge in [-0.15, -0.1) is 0 Å². The zero-order chi connectivity index (χ0) is 30.7. The molecule has 0 aromatic heterocycles. The summed E-state index contributed by atoms with van der Waals surface area (Å²) in [5.41, 5.74) is 1.25. The van der Waals surface area contributed by atoms with E-state index in [0.717, 1.165) is 5.56 Å². The summed E-state index contributed by atoms with van der Waals surface area (Å²) < 4.78 is 36.0. The SMILES string of the molecule is CC1(C)O[C@H]([C@@H](O)[C@@H](CO[Si](C)(C)C(C)(C)C)OC(=O)c2cc3c(cc2I)OCO3)[C@H](/C=N/OCc2ccccc2)O1. The molecule has 2 aliphatic heterocycles. The third kappa shape index (κ3) is 8.02. The number of rotatable bonds is 11. The first-order valence-corrected chi connectivity index (χ1v) is 17.8. The summed E-state index contributed by atoms with van der Waals surface area (Å²) in [4.78, 5) is 18.9. The fraction of sp³-hybridized carbons (Fsp3) is 0.533. The van der Waals surface area contributed by atoms with Gasteiger partial charge in [0.15, 0.2) is 31.7 Å². The van der Waals surface area contributed by atoms with Gasteiger partial charge in [-0.05, 0) is 72.3 Å². The number of hydrogen-bond acceptors (Lipinski definition) is 10. The smallest absolute Gasteiger partial charge is 0.339 e. The van der Waals surface area contributed by atoms with Crippen LogP contribution in [0.25, 0.3) is 0 Å². The lowest BCUT2D eigenvalue weighted by Gasteiger charge is -2.38. The maximum atomic E-state index is 13.5. The first-order chi connectivity index (χ1) is 19.7. The van der Waals surface area contributed by atoms with Crippen LogP contribution in [0, 0.1) is 3.57 Å². The quantitative estimate of drug-likeness (QED) is 0.104. The summed E-state index contributed by atoms with van der Waals surface area (Å²) in [7, 11) is -2.27. The lowest BCUT2D eigenvalue weighted by Crippen LogP contribution is -2.50. The van der Waals surface area contributed by atoms with E-state index in [-0.39, 0.29) is 25.0 Å². The Hall–Kier alpha value is -2.23. The third-order valence-electron chi connectivity index (χ3n) is 7.59. The average molecular weight is 714 g/mol. The molecule has 10 nitrogen and oxygen atoms in total. The van der Waals surface area contributed by atoms with Crippen LogP contribution in [0.2, 0.25) is 18.1 Å². The standard InChI is InChI=1S/C30H40INO9Si/c1-29(2,3)42(6,7)38-17-25(39-28(34)20-13-22-23(14-21(20)31)36-18-35-22)26(33)27-24(40-30(4,5)41-27)15-32-37-16-19-11-9-8-10-12-19/h8-15,24-27,33H,16-18H2,1-7H3/b32-15+/t24-,25+,26-,27-/m0/s1. The molecule has 12 heteroatoms. The van der Waals surface area contributed by atoms with Crippen LogP contribution in [0.15, 0.2) is 47.6 Å². The second-order valence-corrected chi connectivity index (χ2v) is 18.2. The highest BCUT2D eigenvalue weighted by Crippen LogP contribution is 2.38. The minimum atomic E-state index is -2.27.